The first-order valence-corrected chi connectivity index (χ1v) is 8.29. The van der Waals surface area contributed by atoms with E-state index >= 15 is 0 Å². The number of benzene rings is 1. The Labute approximate surface area is 135 Å². The highest BCUT2D eigenvalue weighted by Gasteiger charge is 2.27. The molecule has 2 amide bonds. The Morgan fingerprint density at radius 1 is 1.43 bits per heavy atom. The molecule has 0 aliphatic carbocycles. The summed E-state index contributed by atoms with van der Waals surface area (Å²) in [5.74, 6) is 0. The van der Waals surface area contributed by atoms with Gasteiger partial charge in [0.1, 0.15) is 5.01 Å². The molecule has 2 aromatic rings. The Hall–Kier alpha value is -1.47. The number of aryl methyl sites for hydroxylation is 1. The van der Waals surface area contributed by atoms with Crippen LogP contribution in [-0.4, -0.2) is 27.2 Å². The van der Waals surface area contributed by atoms with Gasteiger partial charge in [-0.3, -0.25) is 5.32 Å². The van der Waals surface area contributed by atoms with Crippen LogP contribution in [0.15, 0.2) is 22.7 Å². The van der Waals surface area contributed by atoms with E-state index in [4.69, 9.17) is 0 Å². The molecular weight excluding hydrogens is 352 g/mol. The number of amides is 2. The molecule has 1 atom stereocenters. The molecule has 1 unspecified atom stereocenters. The lowest BCUT2D eigenvalue weighted by Crippen LogP contribution is -2.44. The molecule has 1 aliphatic rings. The summed E-state index contributed by atoms with van der Waals surface area (Å²) in [6, 6.07) is 6.29. The highest BCUT2D eigenvalue weighted by molar-refractivity contribution is 9.10. The molecule has 1 aromatic carbocycles. The van der Waals surface area contributed by atoms with Gasteiger partial charge in [-0.1, -0.05) is 33.3 Å². The summed E-state index contributed by atoms with van der Waals surface area (Å²) in [6.45, 7) is 4.54. The van der Waals surface area contributed by atoms with Crippen molar-refractivity contribution in [2.75, 3.05) is 5.32 Å². The molecule has 2 heterocycles. The monoisotopic (exact) mass is 366 g/mol. The number of nitrogens with zero attached hydrogens (tertiary/aromatic N) is 3. The van der Waals surface area contributed by atoms with Gasteiger partial charge in [-0.15, -0.1) is 10.2 Å². The lowest BCUT2D eigenvalue weighted by Gasteiger charge is -2.34. The molecule has 0 bridgehead atoms. The number of urea groups is 1. The predicted octanol–water partition coefficient (Wildman–Crippen LogP) is 3.59. The summed E-state index contributed by atoms with van der Waals surface area (Å²) >= 11 is 4.86. The quantitative estimate of drug-likeness (QED) is 0.838. The maximum atomic E-state index is 12.4. The highest BCUT2D eigenvalue weighted by Crippen LogP contribution is 2.27. The summed E-state index contributed by atoms with van der Waals surface area (Å²) < 4.78 is 1.04. The standard InChI is InChI=1S/C14H15BrN4OS/c1-8-5-10-3-4-12(15)6-11(10)7-19(8)14(20)16-13-18-17-9(2)21-13/h3-4,6,8H,5,7H2,1-2H3,(H,16,18,20). The number of halogens is 1. The van der Waals surface area contributed by atoms with E-state index < -0.39 is 0 Å². The van der Waals surface area contributed by atoms with Crippen molar-refractivity contribution in [2.45, 2.75) is 32.9 Å². The Bertz CT molecular complexity index is 687. The van der Waals surface area contributed by atoms with Crippen molar-refractivity contribution in [3.8, 4) is 0 Å². The Morgan fingerprint density at radius 3 is 2.95 bits per heavy atom. The van der Waals surface area contributed by atoms with Crippen LogP contribution < -0.4 is 5.32 Å². The number of carbonyl (C=O) groups is 1. The van der Waals surface area contributed by atoms with Crippen LogP contribution in [0.5, 0.6) is 0 Å². The molecule has 0 spiro atoms. The van der Waals surface area contributed by atoms with Crippen LogP contribution in [0, 0.1) is 6.92 Å². The first-order valence-electron chi connectivity index (χ1n) is 6.68. The van der Waals surface area contributed by atoms with Crippen LogP contribution in [0.3, 0.4) is 0 Å². The summed E-state index contributed by atoms with van der Waals surface area (Å²) in [6.07, 6.45) is 0.866. The van der Waals surface area contributed by atoms with Crippen molar-refractivity contribution < 1.29 is 4.79 Å². The molecule has 5 nitrogen and oxygen atoms in total. The fourth-order valence-corrected chi connectivity index (χ4v) is 3.48. The Balaban J connectivity index is 1.77. The van der Waals surface area contributed by atoms with Gasteiger partial charge in [0.15, 0.2) is 0 Å². The summed E-state index contributed by atoms with van der Waals surface area (Å²) in [7, 11) is 0. The van der Waals surface area contributed by atoms with Crippen LogP contribution in [-0.2, 0) is 13.0 Å². The molecule has 1 N–H and O–H groups in total. The van der Waals surface area contributed by atoms with Crippen LogP contribution >= 0.6 is 27.3 Å². The molecule has 21 heavy (non-hydrogen) atoms. The highest BCUT2D eigenvalue weighted by atomic mass is 79.9. The number of anilines is 1. The molecule has 0 radical (unpaired) electrons. The smallest absolute Gasteiger partial charge is 0.317 e. The second kappa shape index (κ2) is 5.73. The first-order chi connectivity index (χ1) is 10.0. The van der Waals surface area contributed by atoms with Crippen molar-refractivity contribution in [3.05, 3.63) is 38.8 Å². The molecule has 3 rings (SSSR count). The maximum Gasteiger partial charge on any atom is 0.324 e. The predicted molar refractivity (Wildman–Crippen MR) is 86.5 cm³/mol. The molecule has 0 saturated carbocycles. The second-order valence-corrected chi connectivity index (χ2v) is 7.25. The first kappa shape index (κ1) is 14.5. The Kier molecular flexibility index (Phi) is 3.95. The molecule has 0 saturated heterocycles. The number of nitrogens with one attached hydrogen (secondary N) is 1. The van der Waals surface area contributed by atoms with Gasteiger partial charge in [0.25, 0.3) is 0 Å². The minimum atomic E-state index is -0.121. The summed E-state index contributed by atoms with van der Waals surface area (Å²) in [4.78, 5) is 14.3. The third-order valence-electron chi connectivity index (χ3n) is 3.56. The van der Waals surface area contributed by atoms with Crippen molar-refractivity contribution in [2.24, 2.45) is 0 Å². The van der Waals surface area contributed by atoms with Crippen molar-refractivity contribution >= 4 is 38.4 Å². The minimum absolute atomic E-state index is 0.121. The van der Waals surface area contributed by atoms with E-state index in [0.29, 0.717) is 11.7 Å². The van der Waals surface area contributed by atoms with Crippen LogP contribution in [0.2, 0.25) is 0 Å². The minimum Gasteiger partial charge on any atom is -0.317 e. The molecule has 1 aromatic heterocycles. The normalized spacial score (nSPS) is 17.5. The van der Waals surface area contributed by atoms with E-state index in [1.807, 2.05) is 17.9 Å². The van der Waals surface area contributed by atoms with Gasteiger partial charge in [-0.05, 0) is 43.5 Å². The van der Waals surface area contributed by atoms with Gasteiger partial charge in [0, 0.05) is 17.1 Å². The van der Waals surface area contributed by atoms with Crippen molar-refractivity contribution in [3.63, 3.8) is 0 Å². The van der Waals surface area contributed by atoms with Gasteiger partial charge >= 0.3 is 6.03 Å². The second-order valence-electron chi connectivity index (χ2n) is 5.15. The zero-order valence-corrected chi connectivity index (χ0v) is 14.2. The van der Waals surface area contributed by atoms with E-state index in [-0.39, 0.29) is 12.1 Å². The number of rotatable bonds is 1. The third-order valence-corrected chi connectivity index (χ3v) is 4.80. The van der Waals surface area contributed by atoms with E-state index in [1.165, 1.54) is 22.5 Å². The van der Waals surface area contributed by atoms with E-state index in [2.05, 4.69) is 50.5 Å². The fraction of sp³-hybridized carbons (Fsp3) is 0.357. The average Bonchev–Trinajstić information content (AvgIpc) is 2.83. The third kappa shape index (κ3) is 3.08. The summed E-state index contributed by atoms with van der Waals surface area (Å²) in [5.41, 5.74) is 2.49. The van der Waals surface area contributed by atoms with Gasteiger partial charge in [-0.25, -0.2) is 4.79 Å². The number of carbonyl (C=O) groups excluding carboxylic acids is 1. The molecule has 7 heteroatoms. The zero-order chi connectivity index (χ0) is 15.0. The average molecular weight is 367 g/mol. The molecule has 110 valence electrons. The summed E-state index contributed by atoms with van der Waals surface area (Å²) in [5, 5.41) is 12.1. The van der Waals surface area contributed by atoms with Gasteiger partial charge in [-0.2, -0.15) is 0 Å². The lowest BCUT2D eigenvalue weighted by molar-refractivity contribution is 0.182. The molecule has 1 aliphatic heterocycles. The van der Waals surface area contributed by atoms with Gasteiger partial charge < -0.3 is 4.90 Å². The van der Waals surface area contributed by atoms with Crippen molar-refractivity contribution in [1.29, 1.82) is 0 Å². The van der Waals surface area contributed by atoms with Crippen LogP contribution in [0.25, 0.3) is 0 Å². The van der Waals surface area contributed by atoms with Crippen LogP contribution in [0.4, 0.5) is 9.93 Å². The number of aromatic nitrogens is 2. The number of hydrogen-bond donors (Lipinski definition) is 1. The number of hydrogen-bond acceptors (Lipinski definition) is 4. The Morgan fingerprint density at radius 2 is 2.24 bits per heavy atom. The largest absolute Gasteiger partial charge is 0.324 e. The number of fused-ring (bicyclic) bond motifs is 1. The van der Waals surface area contributed by atoms with E-state index in [1.54, 1.807) is 0 Å². The molecule has 0 fully saturated rings. The van der Waals surface area contributed by atoms with Crippen molar-refractivity contribution in [1.82, 2.24) is 15.1 Å². The van der Waals surface area contributed by atoms with E-state index in [0.717, 1.165) is 15.9 Å². The van der Waals surface area contributed by atoms with Gasteiger partial charge in [0.05, 0.1) is 0 Å². The topological polar surface area (TPSA) is 58.1 Å². The lowest BCUT2D eigenvalue weighted by atomic mass is 9.95. The zero-order valence-electron chi connectivity index (χ0n) is 11.8. The fourth-order valence-electron chi connectivity index (χ4n) is 2.49. The maximum absolute atomic E-state index is 12.4. The van der Waals surface area contributed by atoms with Gasteiger partial charge in [0.2, 0.25) is 5.13 Å². The van der Waals surface area contributed by atoms with Crippen LogP contribution in [0.1, 0.15) is 23.1 Å². The van der Waals surface area contributed by atoms with E-state index in [9.17, 15) is 4.79 Å². The molecular formula is C14H15BrN4OS. The SMILES string of the molecule is Cc1nnc(NC(=O)N2Cc3cc(Br)ccc3CC2C)s1.